The van der Waals surface area contributed by atoms with Gasteiger partial charge in [-0.25, -0.2) is 0 Å². The Kier molecular flexibility index (Phi) is 2.94. The molecule has 6 saturated carbocycles. The van der Waals surface area contributed by atoms with Gasteiger partial charge in [0, 0.05) is 0 Å². The molecule has 0 heterocycles. The van der Waals surface area contributed by atoms with Crippen LogP contribution >= 0.6 is 0 Å². The molecular formula is C22H34O. The minimum absolute atomic E-state index is 0.250. The second kappa shape index (κ2) is 4.77. The van der Waals surface area contributed by atoms with Crippen molar-refractivity contribution in [2.24, 2.45) is 53.3 Å². The van der Waals surface area contributed by atoms with Crippen LogP contribution in [0, 0.1) is 53.3 Å². The Labute approximate surface area is 141 Å². The van der Waals surface area contributed by atoms with Crippen molar-refractivity contribution < 1.29 is 5.11 Å². The summed E-state index contributed by atoms with van der Waals surface area (Å²) in [6, 6.07) is 0. The number of rotatable bonds is 3. The molecule has 6 bridgehead atoms. The lowest BCUT2D eigenvalue weighted by atomic mass is 9.57. The van der Waals surface area contributed by atoms with E-state index in [2.05, 4.69) is 0 Å². The Hall–Kier alpha value is -0.0400. The van der Waals surface area contributed by atoms with Gasteiger partial charge >= 0.3 is 0 Å². The summed E-state index contributed by atoms with van der Waals surface area (Å²) in [7, 11) is 0. The van der Waals surface area contributed by atoms with E-state index in [-0.39, 0.29) is 5.60 Å². The monoisotopic (exact) mass is 314 g/mol. The van der Waals surface area contributed by atoms with Crippen LogP contribution in [-0.2, 0) is 0 Å². The van der Waals surface area contributed by atoms with Gasteiger partial charge in [-0.1, -0.05) is 19.3 Å². The molecule has 1 heteroatoms. The largest absolute Gasteiger partial charge is 0.389 e. The number of fused-ring (bicyclic) bond motifs is 6. The summed E-state index contributed by atoms with van der Waals surface area (Å²) in [6.07, 6.45) is 17.3. The Morgan fingerprint density at radius 2 is 0.826 bits per heavy atom. The average Bonchev–Trinajstić information content (AvgIpc) is 3.40. The molecule has 23 heavy (non-hydrogen) atoms. The van der Waals surface area contributed by atoms with Crippen LogP contribution in [0.1, 0.15) is 77.0 Å². The summed E-state index contributed by atoms with van der Waals surface area (Å²) < 4.78 is 0. The van der Waals surface area contributed by atoms with Gasteiger partial charge in [-0.3, -0.25) is 0 Å². The van der Waals surface area contributed by atoms with Gasteiger partial charge in [0.05, 0.1) is 5.60 Å². The maximum atomic E-state index is 12.5. The Balaban J connectivity index is 1.38. The molecule has 0 aliphatic heterocycles. The highest BCUT2D eigenvalue weighted by atomic mass is 16.3. The summed E-state index contributed by atoms with van der Waals surface area (Å²) >= 11 is 0. The third kappa shape index (κ3) is 1.84. The predicted molar refractivity (Wildman–Crippen MR) is 91.8 cm³/mol. The van der Waals surface area contributed by atoms with Crippen LogP contribution in [0.4, 0.5) is 0 Å². The first-order valence-corrected chi connectivity index (χ1v) is 10.9. The van der Waals surface area contributed by atoms with Gasteiger partial charge in [0.2, 0.25) is 0 Å². The van der Waals surface area contributed by atoms with Crippen LogP contribution in [-0.4, -0.2) is 10.7 Å². The standard InChI is InChI=1S/C22H34O/c23-22(19-10-13-1-4-16(19)7-13,20-11-14-2-5-17(20)8-14)21-12-15-3-6-18(21)9-15/h13-21,23H,1-12H2. The molecule has 0 aromatic rings. The third-order valence-electron chi connectivity index (χ3n) is 10.00. The Morgan fingerprint density at radius 1 is 0.478 bits per heavy atom. The van der Waals surface area contributed by atoms with E-state index in [1.54, 1.807) is 0 Å². The molecule has 0 aromatic carbocycles. The summed E-state index contributed by atoms with van der Waals surface area (Å²) in [5.41, 5.74) is -0.250. The van der Waals surface area contributed by atoms with E-state index in [9.17, 15) is 5.11 Å². The highest BCUT2D eigenvalue weighted by Crippen LogP contribution is 2.66. The molecule has 6 rings (SSSR count). The first-order valence-electron chi connectivity index (χ1n) is 10.9. The van der Waals surface area contributed by atoms with E-state index >= 15 is 0 Å². The number of aliphatic hydroxyl groups is 1. The average molecular weight is 315 g/mol. The Bertz CT molecular complexity index is 429. The molecule has 6 aliphatic rings. The van der Waals surface area contributed by atoms with Crippen molar-refractivity contribution in [3.63, 3.8) is 0 Å². The maximum Gasteiger partial charge on any atom is 0.0740 e. The molecule has 9 atom stereocenters. The maximum absolute atomic E-state index is 12.5. The molecule has 6 fully saturated rings. The van der Waals surface area contributed by atoms with Crippen LogP contribution < -0.4 is 0 Å². The van der Waals surface area contributed by atoms with E-state index < -0.39 is 0 Å². The van der Waals surface area contributed by atoms with Crippen molar-refractivity contribution in [2.45, 2.75) is 82.7 Å². The van der Waals surface area contributed by atoms with Crippen molar-refractivity contribution >= 4 is 0 Å². The molecule has 128 valence electrons. The number of hydrogen-bond donors (Lipinski definition) is 1. The van der Waals surface area contributed by atoms with Crippen molar-refractivity contribution in [3.8, 4) is 0 Å². The lowest BCUT2D eigenvalue weighted by Crippen LogP contribution is -2.55. The van der Waals surface area contributed by atoms with Gasteiger partial charge in [-0.05, 0) is 111 Å². The van der Waals surface area contributed by atoms with E-state index in [0.717, 1.165) is 35.5 Å². The summed E-state index contributed by atoms with van der Waals surface area (Å²) in [5, 5.41) is 12.5. The second-order valence-electron chi connectivity index (χ2n) is 10.7. The van der Waals surface area contributed by atoms with Crippen LogP contribution in [0.3, 0.4) is 0 Å². The Morgan fingerprint density at radius 3 is 1.04 bits per heavy atom. The molecule has 9 unspecified atom stereocenters. The summed E-state index contributed by atoms with van der Waals surface area (Å²) in [4.78, 5) is 0. The quantitative estimate of drug-likeness (QED) is 0.775. The zero-order valence-corrected chi connectivity index (χ0v) is 14.6. The molecule has 1 nitrogen and oxygen atoms in total. The molecule has 0 radical (unpaired) electrons. The fourth-order valence-electron chi connectivity index (χ4n) is 9.26. The predicted octanol–water partition coefficient (Wildman–Crippen LogP) is 5.03. The van der Waals surface area contributed by atoms with Gasteiger partial charge in [-0.15, -0.1) is 0 Å². The zero-order valence-electron chi connectivity index (χ0n) is 14.6. The second-order valence-corrected chi connectivity index (χ2v) is 10.7. The third-order valence-corrected chi connectivity index (χ3v) is 10.00. The van der Waals surface area contributed by atoms with E-state index in [4.69, 9.17) is 0 Å². The molecule has 0 saturated heterocycles. The molecular weight excluding hydrogens is 280 g/mol. The lowest BCUT2D eigenvalue weighted by molar-refractivity contribution is -0.156. The van der Waals surface area contributed by atoms with Gasteiger partial charge in [-0.2, -0.15) is 0 Å². The smallest absolute Gasteiger partial charge is 0.0740 e. The van der Waals surface area contributed by atoms with Crippen LogP contribution in [0.2, 0.25) is 0 Å². The van der Waals surface area contributed by atoms with Crippen LogP contribution in [0.25, 0.3) is 0 Å². The van der Waals surface area contributed by atoms with Crippen molar-refractivity contribution in [3.05, 3.63) is 0 Å². The van der Waals surface area contributed by atoms with E-state index in [1.807, 2.05) is 0 Å². The number of hydrogen-bond acceptors (Lipinski definition) is 1. The molecule has 0 aromatic heterocycles. The molecule has 6 aliphatic carbocycles. The molecule has 0 amide bonds. The van der Waals surface area contributed by atoms with Gasteiger partial charge in [0.1, 0.15) is 0 Å². The summed E-state index contributed by atoms with van der Waals surface area (Å²) in [5.74, 6) is 7.69. The first-order chi connectivity index (χ1) is 11.2. The fourth-order valence-corrected chi connectivity index (χ4v) is 9.26. The van der Waals surface area contributed by atoms with E-state index in [0.29, 0.717) is 17.8 Å². The lowest BCUT2D eigenvalue weighted by Gasteiger charge is -2.52. The normalized spacial score (nSPS) is 59.1. The minimum Gasteiger partial charge on any atom is -0.389 e. The fraction of sp³-hybridized carbons (Fsp3) is 1.00. The SMILES string of the molecule is OC(C1CC2CCC1C2)(C1CC2CCC1C2)C1CC2CCC1C2. The van der Waals surface area contributed by atoms with Gasteiger partial charge in [0.25, 0.3) is 0 Å². The van der Waals surface area contributed by atoms with Crippen molar-refractivity contribution in [1.29, 1.82) is 0 Å². The zero-order chi connectivity index (χ0) is 15.2. The van der Waals surface area contributed by atoms with Crippen LogP contribution in [0.15, 0.2) is 0 Å². The minimum atomic E-state index is -0.250. The van der Waals surface area contributed by atoms with E-state index in [1.165, 1.54) is 77.0 Å². The van der Waals surface area contributed by atoms with Crippen molar-refractivity contribution in [1.82, 2.24) is 0 Å². The first kappa shape index (κ1) is 14.2. The van der Waals surface area contributed by atoms with Gasteiger partial charge in [0.15, 0.2) is 0 Å². The molecule has 1 N–H and O–H groups in total. The van der Waals surface area contributed by atoms with Crippen molar-refractivity contribution in [2.75, 3.05) is 0 Å². The highest BCUT2D eigenvalue weighted by molar-refractivity contribution is 5.13. The van der Waals surface area contributed by atoms with Gasteiger partial charge < -0.3 is 5.11 Å². The topological polar surface area (TPSA) is 20.2 Å². The van der Waals surface area contributed by atoms with Crippen LogP contribution in [0.5, 0.6) is 0 Å². The highest BCUT2D eigenvalue weighted by Gasteiger charge is 2.63. The summed E-state index contributed by atoms with van der Waals surface area (Å²) in [6.45, 7) is 0. The molecule has 0 spiro atoms.